The molecule has 0 saturated heterocycles. The first kappa shape index (κ1) is 13.6. The molecule has 3 rings (SSSR count). The van der Waals surface area contributed by atoms with Crippen LogP contribution >= 0.6 is 0 Å². The van der Waals surface area contributed by atoms with E-state index in [2.05, 4.69) is 4.98 Å². The van der Waals surface area contributed by atoms with E-state index in [4.69, 9.17) is 0 Å². The van der Waals surface area contributed by atoms with Crippen LogP contribution in [0.4, 0.5) is 8.78 Å². The second-order valence-corrected chi connectivity index (χ2v) is 4.86. The van der Waals surface area contributed by atoms with Gasteiger partial charge in [0.2, 0.25) is 0 Å². The third-order valence-electron chi connectivity index (χ3n) is 3.41. The second-order valence-electron chi connectivity index (χ2n) is 4.86. The summed E-state index contributed by atoms with van der Waals surface area (Å²) in [4.78, 5) is 4.36. The molecule has 1 aromatic heterocycles. The molecule has 0 saturated carbocycles. The highest BCUT2D eigenvalue weighted by Crippen LogP contribution is 2.22. The van der Waals surface area contributed by atoms with Gasteiger partial charge in [0.05, 0.1) is 11.2 Å². The lowest BCUT2D eigenvalue weighted by Gasteiger charge is -2.12. The quantitative estimate of drug-likeness (QED) is 0.794. The molecule has 1 unspecified atom stereocenters. The fourth-order valence-corrected chi connectivity index (χ4v) is 2.29. The summed E-state index contributed by atoms with van der Waals surface area (Å²) >= 11 is 0. The molecule has 2 nitrogen and oxygen atoms in total. The van der Waals surface area contributed by atoms with E-state index < -0.39 is 17.7 Å². The maximum Gasteiger partial charge on any atom is 0.162 e. The molecule has 4 heteroatoms. The van der Waals surface area contributed by atoms with Crippen molar-refractivity contribution in [3.8, 4) is 0 Å². The minimum absolute atomic E-state index is 0.0189. The number of nitrogens with zero attached hydrogens (tertiary/aromatic N) is 1. The van der Waals surface area contributed by atoms with Gasteiger partial charge in [-0.3, -0.25) is 4.98 Å². The van der Waals surface area contributed by atoms with E-state index >= 15 is 0 Å². The molecule has 21 heavy (non-hydrogen) atoms. The summed E-state index contributed by atoms with van der Waals surface area (Å²) < 4.78 is 26.8. The molecule has 3 aromatic rings. The summed E-state index contributed by atoms with van der Waals surface area (Å²) in [6.07, 6.45) is -1.000. The van der Waals surface area contributed by atoms with E-state index in [0.29, 0.717) is 5.69 Å². The Morgan fingerprint density at radius 3 is 2.62 bits per heavy atom. The molecule has 0 radical (unpaired) electrons. The zero-order valence-corrected chi connectivity index (χ0v) is 11.1. The number of hydrogen-bond donors (Lipinski definition) is 1. The Morgan fingerprint density at radius 1 is 0.952 bits per heavy atom. The molecule has 1 heterocycles. The van der Waals surface area contributed by atoms with Gasteiger partial charge in [-0.15, -0.1) is 0 Å². The second kappa shape index (κ2) is 5.58. The average Bonchev–Trinajstić information content (AvgIpc) is 2.51. The van der Waals surface area contributed by atoms with Crippen molar-refractivity contribution < 1.29 is 13.9 Å². The number of aromatic nitrogens is 1. The standard InChI is InChI=1S/C17H13F2NO/c18-13-6-3-5-12(17(13)19)10-16(21)15-9-8-11-4-1-2-7-14(11)20-15/h1-9,16,21H,10H2. The molecular weight excluding hydrogens is 272 g/mol. The van der Waals surface area contributed by atoms with Crippen LogP contribution in [0.2, 0.25) is 0 Å². The molecule has 106 valence electrons. The Hall–Kier alpha value is -2.33. The molecule has 0 spiro atoms. The lowest BCUT2D eigenvalue weighted by atomic mass is 10.0. The monoisotopic (exact) mass is 285 g/mol. The first-order valence-electron chi connectivity index (χ1n) is 6.62. The fraction of sp³-hybridized carbons (Fsp3) is 0.118. The normalized spacial score (nSPS) is 12.5. The highest BCUT2D eigenvalue weighted by molar-refractivity contribution is 5.78. The van der Waals surface area contributed by atoms with Gasteiger partial charge >= 0.3 is 0 Å². The molecule has 0 fully saturated rings. The highest BCUT2D eigenvalue weighted by atomic mass is 19.2. The van der Waals surface area contributed by atoms with Crippen LogP contribution in [0.25, 0.3) is 10.9 Å². The van der Waals surface area contributed by atoms with Crippen molar-refractivity contribution in [2.45, 2.75) is 12.5 Å². The maximum atomic E-state index is 13.6. The van der Waals surface area contributed by atoms with Gasteiger partial charge in [-0.25, -0.2) is 8.78 Å². The smallest absolute Gasteiger partial charge is 0.162 e. The minimum Gasteiger partial charge on any atom is -0.386 e. The molecule has 1 N–H and O–H groups in total. The third kappa shape index (κ3) is 2.76. The van der Waals surface area contributed by atoms with E-state index in [9.17, 15) is 13.9 Å². The van der Waals surface area contributed by atoms with E-state index in [-0.39, 0.29) is 12.0 Å². The van der Waals surface area contributed by atoms with Crippen molar-refractivity contribution in [1.29, 1.82) is 0 Å². The van der Waals surface area contributed by atoms with Gasteiger partial charge in [0.25, 0.3) is 0 Å². The number of rotatable bonds is 3. The lowest BCUT2D eigenvalue weighted by molar-refractivity contribution is 0.172. The molecule has 0 bridgehead atoms. The zero-order valence-electron chi connectivity index (χ0n) is 11.1. The first-order chi connectivity index (χ1) is 10.1. The van der Waals surface area contributed by atoms with Gasteiger partial charge in [-0.05, 0) is 23.8 Å². The first-order valence-corrected chi connectivity index (χ1v) is 6.62. The van der Waals surface area contributed by atoms with Gasteiger partial charge in [0, 0.05) is 11.8 Å². The van der Waals surface area contributed by atoms with Crippen molar-refractivity contribution in [2.75, 3.05) is 0 Å². The van der Waals surface area contributed by atoms with E-state index in [1.807, 2.05) is 30.3 Å². The van der Waals surface area contributed by atoms with Crippen molar-refractivity contribution in [3.63, 3.8) is 0 Å². The highest BCUT2D eigenvalue weighted by Gasteiger charge is 2.15. The summed E-state index contributed by atoms with van der Waals surface area (Å²) in [5.41, 5.74) is 1.34. The number of para-hydroxylation sites is 1. The number of fused-ring (bicyclic) bond motifs is 1. The Kier molecular flexibility index (Phi) is 3.62. The van der Waals surface area contributed by atoms with E-state index in [1.165, 1.54) is 12.1 Å². The Labute approximate surface area is 120 Å². The molecular formula is C17H13F2NO. The number of aliphatic hydroxyl groups excluding tert-OH is 1. The summed E-state index contributed by atoms with van der Waals surface area (Å²) in [6, 6.07) is 15.0. The summed E-state index contributed by atoms with van der Waals surface area (Å²) in [7, 11) is 0. The predicted octanol–water partition coefficient (Wildman–Crippen LogP) is 3.79. The molecule has 0 amide bonds. The Bertz CT molecular complexity index is 789. The van der Waals surface area contributed by atoms with Crippen LogP contribution < -0.4 is 0 Å². The number of hydrogen-bond acceptors (Lipinski definition) is 2. The maximum absolute atomic E-state index is 13.6. The Morgan fingerprint density at radius 2 is 1.76 bits per heavy atom. The van der Waals surface area contributed by atoms with Crippen LogP contribution in [-0.2, 0) is 6.42 Å². The zero-order chi connectivity index (χ0) is 14.8. The molecule has 0 aliphatic carbocycles. The number of aliphatic hydroxyl groups is 1. The van der Waals surface area contributed by atoms with Crippen molar-refractivity contribution in [3.05, 3.63) is 77.5 Å². The third-order valence-corrected chi connectivity index (χ3v) is 3.41. The SMILES string of the molecule is OC(Cc1cccc(F)c1F)c1ccc2ccccc2n1. The number of pyridine rings is 1. The van der Waals surface area contributed by atoms with Gasteiger partial charge in [0.15, 0.2) is 11.6 Å². The predicted molar refractivity (Wildman–Crippen MR) is 76.8 cm³/mol. The van der Waals surface area contributed by atoms with Crippen LogP contribution in [0.5, 0.6) is 0 Å². The lowest BCUT2D eigenvalue weighted by Crippen LogP contribution is -2.06. The van der Waals surface area contributed by atoms with Crippen LogP contribution in [0.15, 0.2) is 54.6 Å². The van der Waals surface area contributed by atoms with Gasteiger partial charge in [0.1, 0.15) is 6.10 Å². The fourth-order valence-electron chi connectivity index (χ4n) is 2.29. The molecule has 2 aromatic carbocycles. The van der Waals surface area contributed by atoms with Crippen LogP contribution in [-0.4, -0.2) is 10.1 Å². The number of benzene rings is 2. The average molecular weight is 285 g/mol. The van der Waals surface area contributed by atoms with Crippen LogP contribution in [0.3, 0.4) is 0 Å². The Balaban J connectivity index is 1.89. The summed E-state index contributed by atoms with van der Waals surface area (Å²) in [5.74, 6) is -1.83. The largest absolute Gasteiger partial charge is 0.386 e. The summed E-state index contributed by atoms with van der Waals surface area (Å²) in [6.45, 7) is 0. The van der Waals surface area contributed by atoms with E-state index in [1.54, 1.807) is 6.07 Å². The van der Waals surface area contributed by atoms with Gasteiger partial charge in [-0.1, -0.05) is 36.4 Å². The molecule has 0 aliphatic heterocycles. The van der Waals surface area contributed by atoms with Crippen LogP contribution in [0.1, 0.15) is 17.4 Å². The van der Waals surface area contributed by atoms with Crippen molar-refractivity contribution in [1.82, 2.24) is 4.98 Å². The van der Waals surface area contributed by atoms with Crippen molar-refractivity contribution in [2.24, 2.45) is 0 Å². The molecule has 0 aliphatic rings. The summed E-state index contributed by atoms with van der Waals surface area (Å²) in [5, 5.41) is 11.2. The minimum atomic E-state index is -0.981. The van der Waals surface area contributed by atoms with Gasteiger partial charge < -0.3 is 5.11 Å². The molecule has 1 atom stereocenters. The van der Waals surface area contributed by atoms with Crippen molar-refractivity contribution >= 4 is 10.9 Å². The van der Waals surface area contributed by atoms with E-state index in [0.717, 1.165) is 17.0 Å². The number of halogens is 2. The van der Waals surface area contributed by atoms with Crippen LogP contribution in [0, 0.1) is 11.6 Å². The van der Waals surface area contributed by atoms with Gasteiger partial charge in [-0.2, -0.15) is 0 Å². The topological polar surface area (TPSA) is 33.1 Å².